The number of hydrogen-bond acceptors (Lipinski definition) is 4. The molecule has 0 radical (unpaired) electrons. The Morgan fingerprint density at radius 3 is 2.39 bits per heavy atom. The smallest absolute Gasteiger partial charge is 0.257 e. The number of nitrogens with zero attached hydrogens (tertiary/aromatic N) is 2. The second kappa shape index (κ2) is 9.80. The molecule has 0 aliphatic heterocycles. The van der Waals surface area contributed by atoms with Crippen LogP contribution in [0.3, 0.4) is 0 Å². The van der Waals surface area contributed by atoms with E-state index in [2.05, 4.69) is 17.2 Å². The largest absolute Gasteiger partial charge is 0.338 e. The topological polar surface area (TPSA) is 62.3 Å². The molecule has 5 nitrogen and oxygen atoms in total. The van der Waals surface area contributed by atoms with Crippen LogP contribution in [0.4, 0.5) is 5.13 Å². The first kappa shape index (κ1) is 19.8. The van der Waals surface area contributed by atoms with Crippen LogP contribution in [0.15, 0.2) is 66.0 Å². The Morgan fingerprint density at radius 1 is 1.04 bits per heavy atom. The molecule has 3 rings (SSSR count). The summed E-state index contributed by atoms with van der Waals surface area (Å²) in [4.78, 5) is 31.2. The lowest BCUT2D eigenvalue weighted by Gasteiger charge is -2.22. The predicted molar refractivity (Wildman–Crippen MR) is 112 cm³/mol. The van der Waals surface area contributed by atoms with Crippen molar-refractivity contribution in [3.8, 4) is 0 Å². The molecule has 2 aromatic carbocycles. The molecule has 1 N–H and O–H groups in total. The van der Waals surface area contributed by atoms with E-state index in [9.17, 15) is 9.59 Å². The summed E-state index contributed by atoms with van der Waals surface area (Å²) >= 11 is 1.33. The molecule has 2 amide bonds. The van der Waals surface area contributed by atoms with E-state index >= 15 is 0 Å². The minimum atomic E-state index is -0.204. The van der Waals surface area contributed by atoms with Gasteiger partial charge in [-0.25, -0.2) is 4.98 Å². The van der Waals surface area contributed by atoms with Crippen molar-refractivity contribution < 1.29 is 9.59 Å². The van der Waals surface area contributed by atoms with Gasteiger partial charge in [-0.15, -0.1) is 11.3 Å². The molecule has 3 aromatic rings. The van der Waals surface area contributed by atoms with Crippen LogP contribution in [-0.2, 0) is 17.8 Å². The molecule has 6 heteroatoms. The number of hydrogen-bond donors (Lipinski definition) is 1. The summed E-state index contributed by atoms with van der Waals surface area (Å²) in [6, 6.07) is 19.0. The molecule has 0 spiro atoms. The highest BCUT2D eigenvalue weighted by atomic mass is 32.1. The number of amides is 2. The van der Waals surface area contributed by atoms with Crippen molar-refractivity contribution in [2.75, 3.05) is 11.9 Å². The predicted octanol–water partition coefficient (Wildman–Crippen LogP) is 4.38. The molecule has 0 aliphatic rings. The fourth-order valence-corrected chi connectivity index (χ4v) is 3.54. The Balaban J connectivity index is 1.61. The average Bonchev–Trinajstić information content (AvgIpc) is 3.15. The van der Waals surface area contributed by atoms with Crippen LogP contribution in [0.25, 0.3) is 0 Å². The first-order valence-corrected chi connectivity index (χ1v) is 10.2. The van der Waals surface area contributed by atoms with E-state index in [1.54, 1.807) is 12.1 Å². The normalized spacial score (nSPS) is 10.5. The van der Waals surface area contributed by atoms with E-state index in [1.807, 2.05) is 58.8 Å². The van der Waals surface area contributed by atoms with Crippen molar-refractivity contribution >= 4 is 28.3 Å². The van der Waals surface area contributed by atoms with Crippen LogP contribution in [0.2, 0.25) is 0 Å². The van der Waals surface area contributed by atoms with Crippen LogP contribution < -0.4 is 5.32 Å². The van der Waals surface area contributed by atoms with Crippen LogP contribution in [0.5, 0.6) is 0 Å². The van der Waals surface area contributed by atoms with E-state index in [0.717, 1.165) is 12.0 Å². The van der Waals surface area contributed by atoms with E-state index in [0.29, 0.717) is 29.5 Å². The highest BCUT2D eigenvalue weighted by Crippen LogP contribution is 2.18. The zero-order chi connectivity index (χ0) is 19.8. The molecule has 0 aliphatic carbocycles. The highest BCUT2D eigenvalue weighted by Gasteiger charge is 2.16. The first-order valence-electron chi connectivity index (χ1n) is 9.28. The SMILES string of the molecule is CCCN(Cc1ccccc1)C(=O)Cc1csc(NC(=O)c2ccccc2)n1. The number of thiazole rings is 1. The number of aromatic nitrogens is 1. The van der Waals surface area contributed by atoms with Gasteiger partial charge < -0.3 is 4.90 Å². The summed E-state index contributed by atoms with van der Waals surface area (Å²) < 4.78 is 0. The molecule has 0 saturated heterocycles. The van der Waals surface area contributed by atoms with Crippen LogP contribution in [-0.4, -0.2) is 28.2 Å². The monoisotopic (exact) mass is 393 g/mol. The molecule has 0 saturated carbocycles. The molecule has 0 bridgehead atoms. The van der Waals surface area contributed by atoms with Crippen molar-refractivity contribution in [3.63, 3.8) is 0 Å². The molecular formula is C22H23N3O2S. The Labute approximate surface area is 169 Å². The summed E-state index contributed by atoms with van der Waals surface area (Å²) in [5.41, 5.74) is 2.36. The Kier molecular flexibility index (Phi) is 6.92. The summed E-state index contributed by atoms with van der Waals surface area (Å²) in [5, 5.41) is 5.12. The van der Waals surface area contributed by atoms with Gasteiger partial charge in [-0.2, -0.15) is 0 Å². The number of anilines is 1. The van der Waals surface area contributed by atoms with Crippen LogP contribution in [0.1, 0.15) is 35.0 Å². The molecule has 0 atom stereocenters. The van der Waals surface area contributed by atoms with Crippen LogP contribution in [0, 0.1) is 0 Å². The van der Waals surface area contributed by atoms with Gasteiger partial charge in [0, 0.05) is 24.0 Å². The third kappa shape index (κ3) is 5.50. The zero-order valence-electron chi connectivity index (χ0n) is 15.8. The fraction of sp³-hybridized carbons (Fsp3) is 0.227. The van der Waals surface area contributed by atoms with Crippen molar-refractivity contribution in [1.29, 1.82) is 0 Å². The standard InChI is InChI=1S/C22H23N3O2S/c1-2-13-25(15-17-9-5-3-6-10-17)20(26)14-19-16-28-22(23-19)24-21(27)18-11-7-4-8-12-18/h3-12,16H,2,13-15H2,1H3,(H,23,24,27). The minimum absolute atomic E-state index is 0.0388. The third-order valence-corrected chi connectivity index (χ3v) is 5.01. The summed E-state index contributed by atoms with van der Waals surface area (Å²) in [6.07, 6.45) is 1.12. The number of rotatable bonds is 8. The Morgan fingerprint density at radius 2 is 1.71 bits per heavy atom. The molecule has 28 heavy (non-hydrogen) atoms. The second-order valence-electron chi connectivity index (χ2n) is 6.44. The van der Waals surface area contributed by atoms with Gasteiger partial charge >= 0.3 is 0 Å². The number of carbonyl (C=O) groups excluding carboxylic acids is 2. The molecule has 0 fully saturated rings. The van der Waals surface area contributed by atoms with Gasteiger partial charge in [-0.3, -0.25) is 14.9 Å². The number of carbonyl (C=O) groups is 2. The molecule has 1 aromatic heterocycles. The lowest BCUT2D eigenvalue weighted by molar-refractivity contribution is -0.131. The average molecular weight is 394 g/mol. The van der Waals surface area contributed by atoms with Gasteiger partial charge in [0.1, 0.15) is 0 Å². The Hall–Kier alpha value is -2.99. The van der Waals surface area contributed by atoms with Crippen molar-refractivity contribution in [1.82, 2.24) is 9.88 Å². The zero-order valence-corrected chi connectivity index (χ0v) is 16.6. The van der Waals surface area contributed by atoms with Crippen molar-refractivity contribution in [3.05, 3.63) is 82.9 Å². The highest BCUT2D eigenvalue weighted by molar-refractivity contribution is 7.14. The molecule has 1 heterocycles. The molecule has 144 valence electrons. The Bertz CT molecular complexity index is 910. The quantitative estimate of drug-likeness (QED) is 0.618. The van der Waals surface area contributed by atoms with Crippen molar-refractivity contribution in [2.45, 2.75) is 26.3 Å². The van der Waals surface area contributed by atoms with E-state index in [-0.39, 0.29) is 18.2 Å². The van der Waals surface area contributed by atoms with Gasteiger partial charge in [-0.1, -0.05) is 55.5 Å². The maximum absolute atomic E-state index is 12.8. The van der Waals surface area contributed by atoms with Gasteiger partial charge in [0.15, 0.2) is 5.13 Å². The molecule has 0 unspecified atom stereocenters. The van der Waals surface area contributed by atoms with E-state index in [1.165, 1.54) is 11.3 Å². The lowest BCUT2D eigenvalue weighted by atomic mass is 10.2. The van der Waals surface area contributed by atoms with Gasteiger partial charge in [-0.05, 0) is 24.1 Å². The van der Waals surface area contributed by atoms with Gasteiger partial charge in [0.25, 0.3) is 5.91 Å². The second-order valence-corrected chi connectivity index (χ2v) is 7.30. The summed E-state index contributed by atoms with van der Waals surface area (Å²) in [6.45, 7) is 3.36. The first-order chi connectivity index (χ1) is 13.7. The lowest BCUT2D eigenvalue weighted by Crippen LogP contribution is -2.32. The number of benzene rings is 2. The minimum Gasteiger partial charge on any atom is -0.338 e. The van der Waals surface area contributed by atoms with Crippen LogP contribution >= 0.6 is 11.3 Å². The molecular weight excluding hydrogens is 370 g/mol. The number of nitrogens with one attached hydrogen (secondary N) is 1. The summed E-state index contributed by atoms with van der Waals surface area (Å²) in [5.74, 6) is -0.165. The maximum Gasteiger partial charge on any atom is 0.257 e. The van der Waals surface area contributed by atoms with Crippen molar-refractivity contribution in [2.24, 2.45) is 0 Å². The maximum atomic E-state index is 12.8. The third-order valence-electron chi connectivity index (χ3n) is 4.20. The van der Waals surface area contributed by atoms with E-state index in [4.69, 9.17) is 0 Å². The van der Waals surface area contributed by atoms with Gasteiger partial charge in [0.05, 0.1) is 12.1 Å². The summed E-state index contributed by atoms with van der Waals surface area (Å²) in [7, 11) is 0. The fourth-order valence-electron chi connectivity index (χ4n) is 2.84. The van der Waals surface area contributed by atoms with E-state index < -0.39 is 0 Å². The van der Waals surface area contributed by atoms with Gasteiger partial charge in [0.2, 0.25) is 5.91 Å².